The maximum Gasteiger partial charge on any atom is 0.138 e. The zero-order valence-electron chi connectivity index (χ0n) is 9.17. The van der Waals surface area contributed by atoms with Gasteiger partial charge in [-0.25, -0.2) is 4.39 Å². The molecule has 0 aliphatic heterocycles. The summed E-state index contributed by atoms with van der Waals surface area (Å²) in [6, 6.07) is 3.94. The number of rotatable bonds is 5. The van der Waals surface area contributed by atoms with Crippen LogP contribution in [0.4, 0.5) is 4.39 Å². The minimum absolute atomic E-state index is 0.0304. The molecule has 1 unspecified atom stereocenters. The molecule has 1 rings (SSSR count). The third kappa shape index (κ3) is 3.91. The first-order chi connectivity index (χ1) is 7.52. The smallest absolute Gasteiger partial charge is 0.138 e. The molecule has 0 fully saturated rings. The minimum atomic E-state index is -0.397. The van der Waals surface area contributed by atoms with E-state index >= 15 is 0 Å². The molecule has 4 heteroatoms. The second-order valence-corrected chi connectivity index (χ2v) is 4.23. The van der Waals surface area contributed by atoms with Gasteiger partial charge in [-0.1, -0.05) is 24.6 Å². The molecule has 16 heavy (non-hydrogen) atoms. The van der Waals surface area contributed by atoms with Crippen molar-refractivity contribution in [3.63, 3.8) is 0 Å². The number of halogens is 2. The van der Waals surface area contributed by atoms with Crippen molar-refractivity contribution in [1.82, 2.24) is 0 Å². The SMILES string of the molecule is CCC(N)CC(=O)Cc1ccc(F)cc1Cl. The Morgan fingerprint density at radius 2 is 2.25 bits per heavy atom. The van der Waals surface area contributed by atoms with Crippen molar-refractivity contribution in [2.24, 2.45) is 5.73 Å². The molecule has 2 nitrogen and oxygen atoms in total. The molecular weight excluding hydrogens is 229 g/mol. The lowest BCUT2D eigenvalue weighted by Gasteiger charge is -2.08. The predicted molar refractivity (Wildman–Crippen MR) is 63.0 cm³/mol. The van der Waals surface area contributed by atoms with E-state index in [2.05, 4.69) is 0 Å². The van der Waals surface area contributed by atoms with Crippen LogP contribution in [-0.2, 0) is 11.2 Å². The van der Waals surface area contributed by atoms with Gasteiger partial charge in [-0.2, -0.15) is 0 Å². The van der Waals surface area contributed by atoms with Gasteiger partial charge in [0.2, 0.25) is 0 Å². The summed E-state index contributed by atoms with van der Waals surface area (Å²) in [6.07, 6.45) is 1.32. The van der Waals surface area contributed by atoms with Crippen molar-refractivity contribution in [1.29, 1.82) is 0 Å². The molecule has 0 radical (unpaired) electrons. The van der Waals surface area contributed by atoms with Gasteiger partial charge in [0.1, 0.15) is 11.6 Å². The average molecular weight is 244 g/mol. The Kier molecular flexibility index (Phi) is 4.90. The van der Waals surface area contributed by atoms with Crippen LogP contribution in [0.15, 0.2) is 18.2 Å². The first-order valence-corrected chi connectivity index (χ1v) is 5.62. The second kappa shape index (κ2) is 5.97. The zero-order valence-corrected chi connectivity index (χ0v) is 9.93. The van der Waals surface area contributed by atoms with Crippen LogP contribution < -0.4 is 5.73 Å². The van der Waals surface area contributed by atoms with E-state index in [1.807, 2.05) is 6.92 Å². The Morgan fingerprint density at radius 1 is 1.56 bits per heavy atom. The van der Waals surface area contributed by atoms with Gasteiger partial charge in [0, 0.05) is 23.9 Å². The average Bonchev–Trinajstić information content (AvgIpc) is 2.22. The number of Topliss-reactive ketones (excluding diaryl/α,β-unsaturated/α-hetero) is 1. The van der Waals surface area contributed by atoms with Crippen LogP contribution in [0.25, 0.3) is 0 Å². The summed E-state index contributed by atoms with van der Waals surface area (Å²) in [5.74, 6) is -0.366. The number of carbonyl (C=O) groups is 1. The first-order valence-electron chi connectivity index (χ1n) is 5.24. The minimum Gasteiger partial charge on any atom is -0.327 e. The summed E-state index contributed by atoms with van der Waals surface area (Å²) >= 11 is 5.82. The summed E-state index contributed by atoms with van der Waals surface area (Å²) in [7, 11) is 0. The highest BCUT2D eigenvalue weighted by molar-refractivity contribution is 6.31. The zero-order chi connectivity index (χ0) is 12.1. The van der Waals surface area contributed by atoms with Gasteiger partial charge in [0.15, 0.2) is 0 Å². The molecule has 0 aliphatic carbocycles. The third-order valence-corrected chi connectivity index (χ3v) is 2.77. The van der Waals surface area contributed by atoms with Crippen LogP contribution in [0.5, 0.6) is 0 Å². The number of benzene rings is 1. The molecule has 2 N–H and O–H groups in total. The van der Waals surface area contributed by atoms with E-state index in [4.69, 9.17) is 17.3 Å². The lowest BCUT2D eigenvalue weighted by Crippen LogP contribution is -2.23. The van der Waals surface area contributed by atoms with E-state index in [-0.39, 0.29) is 18.2 Å². The number of carbonyl (C=O) groups excluding carboxylic acids is 1. The van der Waals surface area contributed by atoms with Gasteiger partial charge >= 0.3 is 0 Å². The van der Waals surface area contributed by atoms with Gasteiger partial charge < -0.3 is 5.73 Å². The predicted octanol–water partition coefficient (Wildman–Crippen LogP) is 2.72. The normalized spacial score (nSPS) is 12.5. The summed E-state index contributed by atoms with van der Waals surface area (Å²) in [5.41, 5.74) is 6.33. The lowest BCUT2D eigenvalue weighted by atomic mass is 10.0. The van der Waals surface area contributed by atoms with Crippen LogP contribution in [0.2, 0.25) is 5.02 Å². The summed E-state index contributed by atoms with van der Waals surface area (Å²) in [6.45, 7) is 1.93. The van der Waals surface area contributed by atoms with Gasteiger partial charge in [0.25, 0.3) is 0 Å². The number of nitrogens with two attached hydrogens (primary N) is 1. The number of hydrogen-bond acceptors (Lipinski definition) is 2. The van der Waals surface area contributed by atoms with Gasteiger partial charge in [-0.3, -0.25) is 4.79 Å². The molecule has 0 aromatic heterocycles. The maximum absolute atomic E-state index is 12.8. The van der Waals surface area contributed by atoms with E-state index in [1.165, 1.54) is 18.2 Å². The first kappa shape index (κ1) is 13.1. The summed E-state index contributed by atoms with van der Waals surface area (Å²) in [4.78, 5) is 11.6. The molecule has 0 amide bonds. The van der Waals surface area contributed by atoms with Gasteiger partial charge in [-0.05, 0) is 24.1 Å². The van der Waals surface area contributed by atoms with E-state index in [0.29, 0.717) is 17.0 Å². The van der Waals surface area contributed by atoms with Crippen molar-refractivity contribution >= 4 is 17.4 Å². The third-order valence-electron chi connectivity index (χ3n) is 2.42. The quantitative estimate of drug-likeness (QED) is 0.864. The lowest BCUT2D eigenvalue weighted by molar-refractivity contribution is -0.118. The molecule has 0 spiro atoms. The Balaban J connectivity index is 2.63. The van der Waals surface area contributed by atoms with Gasteiger partial charge in [-0.15, -0.1) is 0 Å². The van der Waals surface area contributed by atoms with Crippen molar-refractivity contribution in [2.75, 3.05) is 0 Å². The molecule has 88 valence electrons. The largest absolute Gasteiger partial charge is 0.327 e. The molecule has 1 aromatic carbocycles. The fraction of sp³-hybridized carbons (Fsp3) is 0.417. The monoisotopic (exact) mass is 243 g/mol. The maximum atomic E-state index is 12.8. The Bertz CT molecular complexity index is 381. The van der Waals surface area contributed by atoms with E-state index < -0.39 is 5.82 Å². The fourth-order valence-corrected chi connectivity index (χ4v) is 1.62. The molecule has 1 atom stereocenters. The van der Waals surface area contributed by atoms with Crippen molar-refractivity contribution in [3.05, 3.63) is 34.6 Å². The van der Waals surface area contributed by atoms with Gasteiger partial charge in [0.05, 0.1) is 0 Å². The summed E-state index contributed by atoms with van der Waals surface area (Å²) < 4.78 is 12.8. The highest BCUT2D eigenvalue weighted by Gasteiger charge is 2.11. The molecule has 0 aliphatic rings. The van der Waals surface area contributed by atoms with E-state index in [1.54, 1.807) is 0 Å². The molecule has 0 heterocycles. The highest BCUT2D eigenvalue weighted by atomic mass is 35.5. The van der Waals surface area contributed by atoms with Crippen LogP contribution in [0.3, 0.4) is 0 Å². The number of hydrogen-bond donors (Lipinski definition) is 1. The summed E-state index contributed by atoms with van der Waals surface area (Å²) in [5, 5.41) is 0.290. The van der Waals surface area contributed by atoms with Crippen molar-refractivity contribution in [2.45, 2.75) is 32.2 Å². The van der Waals surface area contributed by atoms with Crippen LogP contribution in [0.1, 0.15) is 25.3 Å². The second-order valence-electron chi connectivity index (χ2n) is 3.82. The van der Waals surface area contributed by atoms with Crippen LogP contribution in [-0.4, -0.2) is 11.8 Å². The molecule has 0 bridgehead atoms. The standard InChI is InChI=1S/C12H15ClFNO/c1-2-10(15)7-11(16)5-8-3-4-9(14)6-12(8)13/h3-4,6,10H,2,5,7,15H2,1H3. The van der Waals surface area contributed by atoms with Crippen molar-refractivity contribution < 1.29 is 9.18 Å². The Hall–Kier alpha value is -0.930. The van der Waals surface area contributed by atoms with E-state index in [9.17, 15) is 9.18 Å². The van der Waals surface area contributed by atoms with Crippen LogP contribution in [0, 0.1) is 5.82 Å². The van der Waals surface area contributed by atoms with E-state index in [0.717, 1.165) is 6.42 Å². The molecule has 0 saturated carbocycles. The number of ketones is 1. The highest BCUT2D eigenvalue weighted by Crippen LogP contribution is 2.18. The Morgan fingerprint density at radius 3 is 2.81 bits per heavy atom. The molecule has 1 aromatic rings. The molecular formula is C12H15ClFNO. The van der Waals surface area contributed by atoms with Crippen LogP contribution >= 0.6 is 11.6 Å². The fourth-order valence-electron chi connectivity index (χ4n) is 1.39. The topological polar surface area (TPSA) is 43.1 Å². The molecule has 0 saturated heterocycles. The van der Waals surface area contributed by atoms with Crippen molar-refractivity contribution in [3.8, 4) is 0 Å². The Labute approximate surface area is 99.6 Å².